The summed E-state index contributed by atoms with van der Waals surface area (Å²) < 4.78 is 5.13. The Morgan fingerprint density at radius 1 is 1.05 bits per heavy atom. The van der Waals surface area contributed by atoms with Crippen LogP contribution in [0.3, 0.4) is 0 Å². The van der Waals surface area contributed by atoms with E-state index in [1.54, 1.807) is 24.3 Å². The molecule has 20 heavy (non-hydrogen) atoms. The summed E-state index contributed by atoms with van der Waals surface area (Å²) in [6.07, 6.45) is -0.493. The lowest BCUT2D eigenvalue weighted by atomic mass is 10.2. The number of benzene rings is 2. The molecule has 0 saturated heterocycles. The van der Waals surface area contributed by atoms with Gasteiger partial charge in [-0.2, -0.15) is 0 Å². The van der Waals surface area contributed by atoms with Crippen molar-refractivity contribution in [2.24, 2.45) is 0 Å². The van der Waals surface area contributed by atoms with Crippen molar-refractivity contribution < 1.29 is 9.53 Å². The molecule has 0 heterocycles. The van der Waals surface area contributed by atoms with E-state index < -0.39 is 6.09 Å². The van der Waals surface area contributed by atoms with Crippen molar-refractivity contribution in [1.29, 1.82) is 0 Å². The summed E-state index contributed by atoms with van der Waals surface area (Å²) in [5.74, 6) is 0. The van der Waals surface area contributed by atoms with Crippen LogP contribution >= 0.6 is 0 Å². The van der Waals surface area contributed by atoms with E-state index in [1.165, 1.54) is 0 Å². The number of nitrogen functional groups attached to an aromatic ring is 1. The van der Waals surface area contributed by atoms with Crippen LogP contribution < -0.4 is 16.4 Å². The number of hydrogen-bond acceptors (Lipinski definition) is 4. The highest BCUT2D eigenvalue weighted by atomic mass is 16.5. The number of anilines is 3. The van der Waals surface area contributed by atoms with Crippen LogP contribution in [0.1, 0.15) is 5.56 Å². The van der Waals surface area contributed by atoms with E-state index in [1.807, 2.05) is 31.3 Å². The third-order valence-corrected chi connectivity index (χ3v) is 2.77. The van der Waals surface area contributed by atoms with Gasteiger partial charge in [0.25, 0.3) is 0 Å². The van der Waals surface area contributed by atoms with Gasteiger partial charge >= 0.3 is 6.09 Å². The van der Waals surface area contributed by atoms with Gasteiger partial charge in [-0.05, 0) is 42.0 Å². The van der Waals surface area contributed by atoms with E-state index in [0.717, 1.165) is 11.3 Å². The van der Waals surface area contributed by atoms with Crippen molar-refractivity contribution in [3.05, 3.63) is 54.1 Å². The molecule has 0 unspecified atom stereocenters. The van der Waals surface area contributed by atoms with E-state index in [2.05, 4.69) is 10.6 Å². The van der Waals surface area contributed by atoms with Crippen molar-refractivity contribution in [3.63, 3.8) is 0 Å². The van der Waals surface area contributed by atoms with Crippen LogP contribution in [0, 0.1) is 0 Å². The van der Waals surface area contributed by atoms with Crippen LogP contribution in [0.15, 0.2) is 48.5 Å². The highest BCUT2D eigenvalue weighted by Crippen LogP contribution is 2.12. The molecule has 5 heteroatoms. The fraction of sp³-hybridized carbons (Fsp3) is 0.133. The average molecular weight is 271 g/mol. The minimum Gasteiger partial charge on any atom is -0.444 e. The summed E-state index contributed by atoms with van der Waals surface area (Å²) in [5, 5.41) is 5.66. The molecule has 104 valence electrons. The Morgan fingerprint density at radius 3 is 2.25 bits per heavy atom. The third-order valence-electron chi connectivity index (χ3n) is 2.77. The van der Waals surface area contributed by atoms with Gasteiger partial charge in [0.05, 0.1) is 0 Å². The standard InChI is InChI=1S/C15H17N3O2/c1-17-13-6-2-11(3-7-13)10-20-15(19)18-14-8-4-12(16)5-9-14/h2-9,17H,10,16H2,1H3,(H,18,19). The van der Waals surface area contributed by atoms with Crippen LogP contribution in [-0.4, -0.2) is 13.1 Å². The molecule has 0 fully saturated rings. The zero-order valence-corrected chi connectivity index (χ0v) is 11.2. The number of rotatable bonds is 4. The number of carbonyl (C=O) groups excluding carboxylic acids is 1. The number of nitrogens with two attached hydrogens (primary N) is 1. The third kappa shape index (κ3) is 3.91. The highest BCUT2D eigenvalue weighted by molar-refractivity contribution is 5.84. The maximum Gasteiger partial charge on any atom is 0.411 e. The number of amides is 1. The quantitative estimate of drug-likeness (QED) is 0.747. The Bertz CT molecular complexity index is 565. The molecule has 0 spiro atoms. The predicted octanol–water partition coefficient (Wildman–Crippen LogP) is 3.06. The maximum atomic E-state index is 11.6. The molecule has 0 aliphatic carbocycles. The summed E-state index contributed by atoms with van der Waals surface area (Å²) in [6, 6.07) is 14.5. The zero-order chi connectivity index (χ0) is 14.4. The predicted molar refractivity (Wildman–Crippen MR) is 80.7 cm³/mol. The largest absolute Gasteiger partial charge is 0.444 e. The first-order chi connectivity index (χ1) is 9.67. The maximum absolute atomic E-state index is 11.6. The van der Waals surface area contributed by atoms with Crippen LogP contribution in [0.4, 0.5) is 21.9 Å². The van der Waals surface area contributed by atoms with Gasteiger partial charge in [0.1, 0.15) is 6.61 Å². The fourth-order valence-corrected chi connectivity index (χ4v) is 1.64. The summed E-state index contributed by atoms with van der Waals surface area (Å²) >= 11 is 0. The van der Waals surface area contributed by atoms with Crippen molar-refractivity contribution in [1.82, 2.24) is 0 Å². The van der Waals surface area contributed by atoms with E-state index in [4.69, 9.17) is 10.5 Å². The van der Waals surface area contributed by atoms with Crippen molar-refractivity contribution in [2.45, 2.75) is 6.61 Å². The fourth-order valence-electron chi connectivity index (χ4n) is 1.64. The lowest BCUT2D eigenvalue weighted by molar-refractivity contribution is 0.155. The van der Waals surface area contributed by atoms with Crippen LogP contribution in [0.5, 0.6) is 0 Å². The highest BCUT2D eigenvalue weighted by Gasteiger charge is 2.03. The van der Waals surface area contributed by atoms with Gasteiger partial charge in [0.15, 0.2) is 0 Å². The van der Waals surface area contributed by atoms with Crippen LogP contribution in [-0.2, 0) is 11.3 Å². The first-order valence-electron chi connectivity index (χ1n) is 6.23. The van der Waals surface area contributed by atoms with Crippen molar-refractivity contribution in [3.8, 4) is 0 Å². The molecule has 0 aromatic heterocycles. The Balaban J connectivity index is 1.83. The molecule has 2 rings (SSSR count). The normalized spacial score (nSPS) is 9.85. The SMILES string of the molecule is CNc1ccc(COC(=O)Nc2ccc(N)cc2)cc1. The zero-order valence-electron chi connectivity index (χ0n) is 11.2. The summed E-state index contributed by atoms with van der Waals surface area (Å²) in [5.41, 5.74) is 8.80. The molecule has 5 nitrogen and oxygen atoms in total. The minimum atomic E-state index is -0.493. The molecule has 0 radical (unpaired) electrons. The number of hydrogen-bond donors (Lipinski definition) is 3. The Kier molecular flexibility index (Phi) is 4.44. The molecule has 0 atom stereocenters. The van der Waals surface area contributed by atoms with Crippen molar-refractivity contribution >= 4 is 23.2 Å². The number of ether oxygens (including phenoxy) is 1. The monoisotopic (exact) mass is 271 g/mol. The van der Waals surface area contributed by atoms with Crippen molar-refractivity contribution in [2.75, 3.05) is 23.4 Å². The van der Waals surface area contributed by atoms with E-state index in [9.17, 15) is 4.79 Å². The molecule has 2 aromatic rings. The molecule has 1 amide bonds. The molecule has 0 saturated carbocycles. The number of carbonyl (C=O) groups is 1. The second-order valence-electron chi connectivity index (χ2n) is 4.27. The summed E-state index contributed by atoms with van der Waals surface area (Å²) in [6.45, 7) is 0.227. The Labute approximate surface area is 117 Å². The molecule has 2 aromatic carbocycles. The molecule has 0 aliphatic rings. The molecular weight excluding hydrogens is 254 g/mol. The van der Waals surface area contributed by atoms with Gasteiger partial charge in [0, 0.05) is 24.1 Å². The smallest absolute Gasteiger partial charge is 0.411 e. The van der Waals surface area contributed by atoms with E-state index >= 15 is 0 Å². The first-order valence-corrected chi connectivity index (χ1v) is 6.23. The molecular formula is C15H17N3O2. The molecule has 0 aliphatic heterocycles. The second kappa shape index (κ2) is 6.47. The van der Waals surface area contributed by atoms with E-state index in [0.29, 0.717) is 11.4 Å². The van der Waals surface area contributed by atoms with E-state index in [-0.39, 0.29) is 6.61 Å². The lowest BCUT2D eigenvalue weighted by Crippen LogP contribution is -2.13. The van der Waals surface area contributed by atoms with Gasteiger partial charge in [-0.3, -0.25) is 5.32 Å². The topological polar surface area (TPSA) is 76.4 Å². The number of nitrogens with one attached hydrogen (secondary N) is 2. The second-order valence-corrected chi connectivity index (χ2v) is 4.27. The first kappa shape index (κ1) is 13.7. The average Bonchev–Trinajstić information content (AvgIpc) is 2.48. The van der Waals surface area contributed by atoms with Gasteiger partial charge in [-0.15, -0.1) is 0 Å². The van der Waals surface area contributed by atoms with Gasteiger partial charge in [0.2, 0.25) is 0 Å². The summed E-state index contributed by atoms with van der Waals surface area (Å²) in [7, 11) is 1.85. The lowest BCUT2D eigenvalue weighted by Gasteiger charge is -2.08. The molecule has 0 bridgehead atoms. The molecule has 4 N–H and O–H groups in total. The Hall–Kier alpha value is -2.69. The van der Waals surface area contributed by atoms with Gasteiger partial charge in [-0.1, -0.05) is 12.1 Å². The van der Waals surface area contributed by atoms with Gasteiger partial charge in [-0.25, -0.2) is 4.79 Å². The minimum absolute atomic E-state index is 0.227. The van der Waals surface area contributed by atoms with Crippen LogP contribution in [0.25, 0.3) is 0 Å². The summed E-state index contributed by atoms with van der Waals surface area (Å²) in [4.78, 5) is 11.6. The van der Waals surface area contributed by atoms with Gasteiger partial charge < -0.3 is 15.8 Å². The Morgan fingerprint density at radius 2 is 1.65 bits per heavy atom. The van der Waals surface area contributed by atoms with Crippen LogP contribution in [0.2, 0.25) is 0 Å².